The number of likely N-dealkylation sites (N-methyl/N-ethyl adjacent to an activating group) is 1. The second-order valence-corrected chi connectivity index (χ2v) is 13.3. The van der Waals surface area contributed by atoms with E-state index in [-0.39, 0.29) is 39.5 Å². The fraction of sp³-hybridized carbons (Fsp3) is 0.212. The van der Waals surface area contributed by atoms with E-state index < -0.39 is 28.5 Å². The maximum Gasteiger partial charge on any atom is 0.264 e. The van der Waals surface area contributed by atoms with Crippen molar-refractivity contribution in [2.75, 3.05) is 17.4 Å². The Bertz CT molecular complexity index is 1700. The standard InChI is InChI=1S/C33H32Cl3N3O4S/c1-3-37-33(41)31(19-24-7-5-4-6-8-24)38(21-25-11-13-26(34)14-12-25)32(40)22-39(30-20-27(35)15-18-29(30)36)44(42,43)28-16-9-23(2)10-17-28/h4-18,20,31H,3,19,21-22H2,1-2H3,(H,37,41)/t31-/m1/s1. The van der Waals surface area contributed by atoms with Gasteiger partial charge < -0.3 is 10.2 Å². The molecule has 230 valence electrons. The highest BCUT2D eigenvalue weighted by atomic mass is 35.5. The second-order valence-electron chi connectivity index (χ2n) is 10.2. The minimum Gasteiger partial charge on any atom is -0.355 e. The molecule has 2 amide bonds. The molecule has 0 aliphatic carbocycles. The van der Waals surface area contributed by atoms with Crippen LogP contribution in [0.2, 0.25) is 15.1 Å². The minimum absolute atomic E-state index is 0.0202. The SMILES string of the molecule is CCNC(=O)[C@@H](Cc1ccccc1)N(Cc1ccc(Cl)cc1)C(=O)CN(c1cc(Cl)ccc1Cl)S(=O)(=O)c1ccc(C)cc1. The van der Waals surface area contributed by atoms with E-state index in [1.54, 1.807) is 43.3 Å². The van der Waals surface area contributed by atoms with Gasteiger partial charge in [-0.25, -0.2) is 8.42 Å². The van der Waals surface area contributed by atoms with E-state index in [9.17, 15) is 18.0 Å². The Morgan fingerprint density at radius 2 is 1.45 bits per heavy atom. The number of rotatable bonds is 12. The third kappa shape index (κ3) is 8.33. The third-order valence-electron chi connectivity index (χ3n) is 6.95. The first-order chi connectivity index (χ1) is 21.0. The first-order valence-electron chi connectivity index (χ1n) is 13.9. The quantitative estimate of drug-likeness (QED) is 0.177. The van der Waals surface area contributed by atoms with E-state index in [4.69, 9.17) is 34.8 Å². The van der Waals surface area contributed by atoms with Crippen molar-refractivity contribution >= 4 is 62.3 Å². The molecule has 7 nitrogen and oxygen atoms in total. The van der Waals surface area contributed by atoms with E-state index in [1.807, 2.05) is 37.3 Å². The Hall–Kier alpha value is -3.56. The number of nitrogens with zero attached hydrogens (tertiary/aromatic N) is 2. The van der Waals surface area contributed by atoms with Crippen molar-refractivity contribution in [1.29, 1.82) is 0 Å². The van der Waals surface area contributed by atoms with Crippen molar-refractivity contribution in [2.24, 2.45) is 0 Å². The number of benzene rings is 4. The predicted molar refractivity (Wildman–Crippen MR) is 177 cm³/mol. The molecule has 4 aromatic rings. The van der Waals surface area contributed by atoms with Gasteiger partial charge in [0.25, 0.3) is 10.0 Å². The molecule has 1 atom stereocenters. The van der Waals surface area contributed by atoms with Crippen LogP contribution in [0, 0.1) is 6.92 Å². The lowest BCUT2D eigenvalue weighted by Crippen LogP contribution is -2.53. The summed E-state index contributed by atoms with van der Waals surface area (Å²) in [6.07, 6.45) is 0.203. The van der Waals surface area contributed by atoms with Crippen LogP contribution in [0.5, 0.6) is 0 Å². The van der Waals surface area contributed by atoms with Crippen molar-refractivity contribution in [2.45, 2.75) is 37.8 Å². The van der Waals surface area contributed by atoms with Gasteiger partial charge >= 0.3 is 0 Å². The van der Waals surface area contributed by atoms with E-state index >= 15 is 0 Å². The fourth-order valence-corrected chi connectivity index (χ4v) is 6.65. The van der Waals surface area contributed by atoms with E-state index in [0.717, 1.165) is 15.4 Å². The molecule has 1 N–H and O–H groups in total. The molecule has 4 aromatic carbocycles. The zero-order valence-corrected chi connectivity index (χ0v) is 27.3. The summed E-state index contributed by atoms with van der Waals surface area (Å²) >= 11 is 18.9. The Morgan fingerprint density at radius 3 is 2.09 bits per heavy atom. The molecule has 0 saturated carbocycles. The first-order valence-corrected chi connectivity index (χ1v) is 16.5. The highest BCUT2D eigenvalue weighted by molar-refractivity contribution is 7.92. The van der Waals surface area contributed by atoms with Crippen LogP contribution in [0.15, 0.2) is 102 Å². The van der Waals surface area contributed by atoms with Gasteiger partial charge in [0.2, 0.25) is 11.8 Å². The summed E-state index contributed by atoms with van der Waals surface area (Å²) in [4.78, 5) is 29.3. The molecule has 0 radical (unpaired) electrons. The molecule has 0 heterocycles. The summed E-state index contributed by atoms with van der Waals surface area (Å²) < 4.78 is 29.2. The largest absolute Gasteiger partial charge is 0.355 e. The van der Waals surface area contributed by atoms with Crippen molar-refractivity contribution in [3.8, 4) is 0 Å². The number of aryl methyl sites for hydroxylation is 1. The molecule has 0 aliphatic heterocycles. The van der Waals surface area contributed by atoms with Crippen LogP contribution in [-0.2, 0) is 32.6 Å². The summed E-state index contributed by atoms with van der Waals surface area (Å²) in [5.74, 6) is -0.980. The van der Waals surface area contributed by atoms with Gasteiger partial charge in [0.15, 0.2) is 0 Å². The summed E-state index contributed by atoms with van der Waals surface area (Å²) in [5, 5.41) is 3.68. The monoisotopic (exact) mass is 671 g/mol. The molecule has 0 unspecified atom stereocenters. The Balaban J connectivity index is 1.82. The highest BCUT2D eigenvalue weighted by Gasteiger charge is 2.35. The summed E-state index contributed by atoms with van der Waals surface area (Å²) in [5.41, 5.74) is 2.45. The smallest absolute Gasteiger partial charge is 0.264 e. The Morgan fingerprint density at radius 1 is 0.818 bits per heavy atom. The van der Waals surface area contributed by atoms with Crippen LogP contribution in [0.4, 0.5) is 5.69 Å². The molecule has 0 fully saturated rings. The molecule has 0 aliphatic rings. The van der Waals surface area contributed by atoms with E-state index in [2.05, 4.69) is 5.32 Å². The molecule has 0 spiro atoms. The normalized spacial score (nSPS) is 11.9. The molecule has 0 aromatic heterocycles. The van der Waals surface area contributed by atoms with Gasteiger partial charge in [0, 0.05) is 29.6 Å². The molecule has 11 heteroatoms. The van der Waals surface area contributed by atoms with Crippen molar-refractivity contribution in [3.63, 3.8) is 0 Å². The van der Waals surface area contributed by atoms with Crippen LogP contribution >= 0.6 is 34.8 Å². The van der Waals surface area contributed by atoms with Gasteiger partial charge in [-0.3, -0.25) is 13.9 Å². The van der Waals surface area contributed by atoms with Crippen LogP contribution in [-0.4, -0.2) is 44.3 Å². The van der Waals surface area contributed by atoms with Gasteiger partial charge in [-0.2, -0.15) is 0 Å². The van der Waals surface area contributed by atoms with Crippen LogP contribution in [0.25, 0.3) is 0 Å². The molecule has 0 saturated heterocycles. The minimum atomic E-state index is -4.31. The first kappa shape index (κ1) is 33.3. The zero-order valence-electron chi connectivity index (χ0n) is 24.2. The highest BCUT2D eigenvalue weighted by Crippen LogP contribution is 2.33. The summed E-state index contributed by atoms with van der Waals surface area (Å²) in [6.45, 7) is 3.36. The number of nitrogens with one attached hydrogen (secondary N) is 1. The van der Waals surface area contributed by atoms with Gasteiger partial charge in [-0.1, -0.05) is 95.0 Å². The van der Waals surface area contributed by atoms with E-state index in [0.29, 0.717) is 17.1 Å². The number of halogens is 3. The number of carbonyl (C=O) groups excluding carboxylic acids is 2. The molecular weight excluding hydrogens is 641 g/mol. The van der Waals surface area contributed by atoms with Crippen LogP contribution in [0.3, 0.4) is 0 Å². The van der Waals surface area contributed by atoms with Crippen molar-refractivity contribution < 1.29 is 18.0 Å². The van der Waals surface area contributed by atoms with Crippen molar-refractivity contribution in [1.82, 2.24) is 10.2 Å². The Labute approximate surface area is 273 Å². The van der Waals surface area contributed by atoms with Crippen LogP contribution in [0.1, 0.15) is 23.6 Å². The number of carbonyl (C=O) groups is 2. The molecule has 4 rings (SSSR count). The number of amides is 2. The van der Waals surface area contributed by atoms with Crippen LogP contribution < -0.4 is 9.62 Å². The van der Waals surface area contributed by atoms with Gasteiger partial charge in [-0.05, 0) is 67.4 Å². The zero-order chi connectivity index (χ0) is 31.9. The third-order valence-corrected chi connectivity index (χ3v) is 9.53. The van der Waals surface area contributed by atoms with Gasteiger partial charge in [-0.15, -0.1) is 0 Å². The number of anilines is 1. The number of hydrogen-bond acceptors (Lipinski definition) is 4. The molecule has 0 bridgehead atoms. The maximum absolute atomic E-state index is 14.4. The number of sulfonamides is 1. The predicted octanol–water partition coefficient (Wildman–Crippen LogP) is 6.93. The summed E-state index contributed by atoms with van der Waals surface area (Å²) in [7, 11) is -4.31. The lowest BCUT2D eigenvalue weighted by Gasteiger charge is -2.34. The average Bonchev–Trinajstić information content (AvgIpc) is 3.00. The molecular formula is C33H32Cl3N3O4S. The van der Waals surface area contributed by atoms with Gasteiger partial charge in [0.1, 0.15) is 12.6 Å². The number of hydrogen-bond donors (Lipinski definition) is 1. The van der Waals surface area contributed by atoms with Gasteiger partial charge in [0.05, 0.1) is 15.6 Å². The van der Waals surface area contributed by atoms with Crippen molar-refractivity contribution in [3.05, 3.63) is 129 Å². The Kier molecular flexibility index (Phi) is 11.3. The fourth-order valence-electron chi connectivity index (χ4n) is 4.66. The average molecular weight is 673 g/mol. The topological polar surface area (TPSA) is 86.8 Å². The lowest BCUT2D eigenvalue weighted by molar-refractivity contribution is -0.140. The summed E-state index contributed by atoms with van der Waals surface area (Å²) in [6, 6.07) is 25.9. The maximum atomic E-state index is 14.4. The molecule has 44 heavy (non-hydrogen) atoms. The van der Waals surface area contributed by atoms with E-state index in [1.165, 1.54) is 35.2 Å². The second kappa shape index (κ2) is 14.9. The lowest BCUT2D eigenvalue weighted by atomic mass is 10.0.